The van der Waals surface area contributed by atoms with E-state index in [4.69, 9.17) is 4.74 Å². The highest BCUT2D eigenvalue weighted by molar-refractivity contribution is 5.77. The normalized spacial score (nSPS) is 27.7. The SMILES string of the molecule is COCCN1C[C@@]2(CCCN(Cc3cncn3C3CCCC3)C2)CCC1=O. The third-order valence-corrected chi connectivity index (χ3v) is 6.90. The van der Waals surface area contributed by atoms with Gasteiger partial charge in [-0.1, -0.05) is 12.8 Å². The number of methoxy groups -OCH3 is 1. The maximum atomic E-state index is 12.3. The lowest BCUT2D eigenvalue weighted by Gasteiger charge is -2.48. The summed E-state index contributed by atoms with van der Waals surface area (Å²) >= 11 is 0. The molecule has 1 aromatic heterocycles. The van der Waals surface area contributed by atoms with Crippen LogP contribution in [0, 0.1) is 5.41 Å². The maximum Gasteiger partial charge on any atom is 0.222 e. The fourth-order valence-electron chi connectivity index (χ4n) is 5.48. The highest BCUT2D eigenvalue weighted by Crippen LogP contribution is 2.39. The summed E-state index contributed by atoms with van der Waals surface area (Å²) in [6, 6.07) is 0.651. The molecular formula is C21H34N4O2. The molecule has 0 unspecified atom stereocenters. The fourth-order valence-corrected chi connectivity index (χ4v) is 5.48. The molecule has 1 aliphatic carbocycles. The molecule has 2 aliphatic heterocycles. The van der Waals surface area contributed by atoms with Crippen LogP contribution in [0.5, 0.6) is 0 Å². The van der Waals surface area contributed by atoms with Crippen molar-refractivity contribution in [3.63, 3.8) is 0 Å². The van der Waals surface area contributed by atoms with Gasteiger partial charge < -0.3 is 14.2 Å². The summed E-state index contributed by atoms with van der Waals surface area (Å²) in [4.78, 5) is 21.4. The number of likely N-dealkylation sites (tertiary alicyclic amines) is 2. The van der Waals surface area contributed by atoms with E-state index >= 15 is 0 Å². The Morgan fingerprint density at radius 1 is 1.22 bits per heavy atom. The maximum absolute atomic E-state index is 12.3. The average Bonchev–Trinajstić information content (AvgIpc) is 3.34. The first kappa shape index (κ1) is 18.9. The molecule has 27 heavy (non-hydrogen) atoms. The smallest absolute Gasteiger partial charge is 0.222 e. The highest BCUT2D eigenvalue weighted by atomic mass is 16.5. The molecule has 0 bridgehead atoms. The average molecular weight is 375 g/mol. The van der Waals surface area contributed by atoms with Gasteiger partial charge in [-0.3, -0.25) is 9.69 Å². The van der Waals surface area contributed by atoms with Crippen molar-refractivity contribution < 1.29 is 9.53 Å². The van der Waals surface area contributed by atoms with Gasteiger partial charge in [-0.05, 0) is 38.6 Å². The number of nitrogens with zero attached hydrogens (tertiary/aromatic N) is 4. The molecule has 1 aromatic rings. The summed E-state index contributed by atoms with van der Waals surface area (Å²) in [6.45, 7) is 5.50. The summed E-state index contributed by atoms with van der Waals surface area (Å²) in [7, 11) is 1.71. The van der Waals surface area contributed by atoms with Gasteiger partial charge in [0.2, 0.25) is 5.91 Å². The second-order valence-corrected chi connectivity index (χ2v) is 8.85. The van der Waals surface area contributed by atoms with E-state index in [9.17, 15) is 4.79 Å². The van der Waals surface area contributed by atoms with Crippen LogP contribution in [0.4, 0.5) is 0 Å². The van der Waals surface area contributed by atoms with Crippen molar-refractivity contribution in [2.24, 2.45) is 5.41 Å². The molecule has 150 valence electrons. The molecule has 6 nitrogen and oxygen atoms in total. The van der Waals surface area contributed by atoms with E-state index in [2.05, 4.69) is 20.6 Å². The number of piperidine rings is 2. The Balaban J connectivity index is 1.41. The molecule has 3 aliphatic rings. The van der Waals surface area contributed by atoms with Gasteiger partial charge in [-0.2, -0.15) is 0 Å². The van der Waals surface area contributed by atoms with Crippen LogP contribution in [0.2, 0.25) is 0 Å². The Kier molecular flexibility index (Phi) is 5.83. The first-order chi connectivity index (χ1) is 13.2. The minimum absolute atomic E-state index is 0.262. The second kappa shape index (κ2) is 8.31. The van der Waals surface area contributed by atoms with Gasteiger partial charge in [0.15, 0.2) is 0 Å². The van der Waals surface area contributed by atoms with Gasteiger partial charge in [-0.25, -0.2) is 4.98 Å². The molecule has 3 fully saturated rings. The lowest BCUT2D eigenvalue weighted by atomic mass is 9.73. The molecule has 6 heteroatoms. The molecule has 2 saturated heterocycles. The molecular weight excluding hydrogens is 340 g/mol. The standard InChI is InChI=1S/C21H34N4O2/c1-27-12-11-24-16-21(9-7-20(24)26)8-4-10-23(15-21)14-19-13-22-17-25(19)18-5-2-3-6-18/h13,17-18H,2-12,14-16H2,1H3/t21-/m0/s1. The molecule has 4 rings (SSSR count). The summed E-state index contributed by atoms with van der Waals surface area (Å²) in [5.74, 6) is 0.300. The number of ether oxygens (including phenoxy) is 1. The van der Waals surface area contributed by atoms with Crippen LogP contribution >= 0.6 is 0 Å². The van der Waals surface area contributed by atoms with Crippen LogP contribution in [-0.2, 0) is 16.1 Å². The largest absolute Gasteiger partial charge is 0.383 e. The number of carbonyl (C=O) groups is 1. The third-order valence-electron chi connectivity index (χ3n) is 6.90. The number of aromatic nitrogens is 2. The summed E-state index contributed by atoms with van der Waals surface area (Å²) < 4.78 is 7.64. The Hall–Kier alpha value is -1.40. The zero-order valence-corrected chi connectivity index (χ0v) is 16.7. The zero-order chi connectivity index (χ0) is 18.7. The first-order valence-electron chi connectivity index (χ1n) is 10.7. The molecule has 0 aromatic carbocycles. The fraction of sp³-hybridized carbons (Fsp3) is 0.810. The van der Waals surface area contributed by atoms with Gasteiger partial charge in [-0.15, -0.1) is 0 Å². The van der Waals surface area contributed by atoms with Crippen LogP contribution in [0.1, 0.15) is 63.1 Å². The van der Waals surface area contributed by atoms with E-state index in [1.807, 2.05) is 11.2 Å². The van der Waals surface area contributed by atoms with Gasteiger partial charge >= 0.3 is 0 Å². The number of carbonyl (C=O) groups excluding carboxylic acids is 1. The first-order valence-corrected chi connectivity index (χ1v) is 10.7. The van der Waals surface area contributed by atoms with Crippen molar-refractivity contribution in [1.82, 2.24) is 19.4 Å². The quantitative estimate of drug-likeness (QED) is 0.768. The number of rotatable bonds is 6. The number of imidazole rings is 1. The van der Waals surface area contributed by atoms with Crippen molar-refractivity contribution >= 4 is 5.91 Å². The minimum atomic E-state index is 0.262. The number of amides is 1. The van der Waals surface area contributed by atoms with E-state index in [0.29, 0.717) is 25.0 Å². The van der Waals surface area contributed by atoms with Gasteiger partial charge in [0.25, 0.3) is 0 Å². The minimum Gasteiger partial charge on any atom is -0.383 e. The molecule has 0 radical (unpaired) electrons. The lowest BCUT2D eigenvalue weighted by molar-refractivity contribution is -0.140. The van der Waals surface area contributed by atoms with Gasteiger partial charge in [0, 0.05) is 57.4 Å². The van der Waals surface area contributed by atoms with E-state index < -0.39 is 0 Å². The monoisotopic (exact) mass is 374 g/mol. The van der Waals surface area contributed by atoms with Crippen LogP contribution in [0.3, 0.4) is 0 Å². The molecule has 3 heterocycles. The van der Waals surface area contributed by atoms with Crippen molar-refractivity contribution in [1.29, 1.82) is 0 Å². The molecule has 1 atom stereocenters. The molecule has 1 saturated carbocycles. The highest BCUT2D eigenvalue weighted by Gasteiger charge is 2.41. The van der Waals surface area contributed by atoms with Crippen molar-refractivity contribution in [2.45, 2.75) is 64.0 Å². The van der Waals surface area contributed by atoms with Crippen LogP contribution < -0.4 is 0 Å². The van der Waals surface area contributed by atoms with Crippen LogP contribution in [0.15, 0.2) is 12.5 Å². The third kappa shape index (κ3) is 4.21. The Bertz CT molecular complexity index is 640. The Labute approximate surface area is 162 Å². The summed E-state index contributed by atoms with van der Waals surface area (Å²) in [6.07, 6.45) is 13.6. The number of hydrogen-bond donors (Lipinski definition) is 0. The van der Waals surface area contributed by atoms with E-state index in [1.165, 1.54) is 44.2 Å². The molecule has 1 spiro atoms. The van der Waals surface area contributed by atoms with E-state index in [1.54, 1.807) is 7.11 Å². The summed E-state index contributed by atoms with van der Waals surface area (Å²) in [5, 5.41) is 0. The molecule has 1 amide bonds. The van der Waals surface area contributed by atoms with E-state index in [0.717, 1.165) is 39.1 Å². The number of hydrogen-bond acceptors (Lipinski definition) is 4. The Morgan fingerprint density at radius 3 is 2.89 bits per heavy atom. The topological polar surface area (TPSA) is 50.6 Å². The predicted molar refractivity (Wildman–Crippen MR) is 104 cm³/mol. The zero-order valence-electron chi connectivity index (χ0n) is 16.7. The van der Waals surface area contributed by atoms with E-state index in [-0.39, 0.29) is 5.41 Å². The lowest BCUT2D eigenvalue weighted by Crippen LogP contribution is -2.54. The van der Waals surface area contributed by atoms with Gasteiger partial charge in [0.1, 0.15) is 0 Å². The van der Waals surface area contributed by atoms with Crippen molar-refractivity contribution in [2.75, 3.05) is 39.9 Å². The predicted octanol–water partition coefficient (Wildman–Crippen LogP) is 2.85. The summed E-state index contributed by atoms with van der Waals surface area (Å²) in [5.41, 5.74) is 1.63. The van der Waals surface area contributed by atoms with Gasteiger partial charge in [0.05, 0.1) is 18.6 Å². The van der Waals surface area contributed by atoms with Crippen LogP contribution in [0.25, 0.3) is 0 Å². The second-order valence-electron chi connectivity index (χ2n) is 8.85. The van der Waals surface area contributed by atoms with Crippen molar-refractivity contribution in [3.05, 3.63) is 18.2 Å². The van der Waals surface area contributed by atoms with Crippen molar-refractivity contribution in [3.8, 4) is 0 Å². The Morgan fingerprint density at radius 2 is 2.07 bits per heavy atom. The van der Waals surface area contributed by atoms with Crippen LogP contribution in [-0.4, -0.2) is 65.2 Å². The molecule has 0 N–H and O–H groups in total.